The first-order chi connectivity index (χ1) is 15.6. The van der Waals surface area contributed by atoms with Crippen LogP contribution in [-0.4, -0.2) is 14.5 Å². The summed E-state index contributed by atoms with van der Waals surface area (Å²) in [4.78, 5) is 21.7. The molecule has 162 valence electrons. The van der Waals surface area contributed by atoms with Gasteiger partial charge >= 0.3 is 0 Å². The fourth-order valence-corrected chi connectivity index (χ4v) is 3.88. The number of rotatable bonds is 6. The van der Waals surface area contributed by atoms with Crippen molar-refractivity contribution in [3.05, 3.63) is 87.4 Å². The maximum absolute atomic E-state index is 12.9. The van der Waals surface area contributed by atoms with Gasteiger partial charge in [0.15, 0.2) is 5.82 Å². The number of benzene rings is 1. The summed E-state index contributed by atoms with van der Waals surface area (Å²) < 4.78 is 7.61. The molecule has 0 bridgehead atoms. The topological polar surface area (TPSA) is 57.0 Å². The molecule has 2 heterocycles. The average molecular weight is 426 g/mol. The van der Waals surface area contributed by atoms with Gasteiger partial charge in [-0.3, -0.25) is 4.79 Å². The highest BCUT2D eigenvalue weighted by atomic mass is 16.5. The van der Waals surface area contributed by atoms with Crippen molar-refractivity contribution >= 4 is 0 Å². The molecule has 0 unspecified atom stereocenters. The molecule has 32 heavy (non-hydrogen) atoms. The van der Waals surface area contributed by atoms with Crippen LogP contribution < -0.4 is 10.3 Å². The van der Waals surface area contributed by atoms with Gasteiger partial charge in [0, 0.05) is 35.6 Å². The van der Waals surface area contributed by atoms with Crippen molar-refractivity contribution in [1.29, 1.82) is 0 Å². The van der Waals surface area contributed by atoms with E-state index in [2.05, 4.69) is 33.9 Å². The molecule has 2 aliphatic carbocycles. The lowest BCUT2D eigenvalue weighted by atomic mass is 10.1. The first-order valence-corrected chi connectivity index (χ1v) is 11.3. The summed E-state index contributed by atoms with van der Waals surface area (Å²) in [6, 6.07) is 11.5. The van der Waals surface area contributed by atoms with E-state index in [1.165, 1.54) is 37.3 Å². The van der Waals surface area contributed by atoms with Crippen LogP contribution in [0.4, 0.5) is 0 Å². The van der Waals surface area contributed by atoms with Crippen LogP contribution in [0.3, 0.4) is 0 Å². The summed E-state index contributed by atoms with van der Waals surface area (Å²) in [5.74, 6) is 8.90. The Labute approximate surface area is 188 Å². The number of aryl methyl sites for hydroxylation is 1. The van der Waals surface area contributed by atoms with Gasteiger partial charge in [-0.1, -0.05) is 24.0 Å². The monoisotopic (exact) mass is 425 g/mol. The predicted molar refractivity (Wildman–Crippen MR) is 124 cm³/mol. The number of nitrogens with zero attached hydrogens (tertiary/aromatic N) is 3. The largest absolute Gasteiger partial charge is 0.485 e. The molecule has 2 aromatic heterocycles. The van der Waals surface area contributed by atoms with Gasteiger partial charge in [0.05, 0.1) is 6.04 Å². The standard InChI is InChI=1S/C27H27N3O2/c1-18-13-25(32-17-26-28-15-24(16-29-26)23-11-12-23)14-27(31)30(18)19(2)22-9-7-21(8-10-22)6-5-20-3-4-20/h7-10,13-16,19-20,23H,3-4,11-12,17H2,1-2H3/t19-/m1/s1. The molecule has 0 amide bonds. The Morgan fingerprint density at radius 3 is 2.44 bits per heavy atom. The zero-order chi connectivity index (χ0) is 22.1. The van der Waals surface area contributed by atoms with Gasteiger partial charge in [-0.2, -0.15) is 0 Å². The maximum Gasteiger partial charge on any atom is 0.254 e. The van der Waals surface area contributed by atoms with E-state index < -0.39 is 0 Å². The van der Waals surface area contributed by atoms with Crippen LogP contribution in [0, 0.1) is 24.7 Å². The van der Waals surface area contributed by atoms with E-state index in [4.69, 9.17) is 4.74 Å². The second kappa shape index (κ2) is 8.63. The molecule has 5 rings (SSSR count). The van der Waals surface area contributed by atoms with Gasteiger partial charge in [-0.15, -0.1) is 0 Å². The van der Waals surface area contributed by atoms with Crippen LogP contribution in [0.2, 0.25) is 0 Å². The molecule has 2 aliphatic rings. The van der Waals surface area contributed by atoms with Crippen LogP contribution >= 0.6 is 0 Å². The lowest BCUT2D eigenvalue weighted by Gasteiger charge is -2.19. The van der Waals surface area contributed by atoms with Crippen molar-refractivity contribution in [2.24, 2.45) is 5.92 Å². The molecule has 5 heteroatoms. The van der Waals surface area contributed by atoms with E-state index in [0.717, 1.165) is 16.8 Å². The normalized spacial score (nSPS) is 16.2. The molecule has 0 aliphatic heterocycles. The van der Waals surface area contributed by atoms with Crippen LogP contribution in [0.25, 0.3) is 0 Å². The van der Waals surface area contributed by atoms with Gasteiger partial charge in [-0.05, 0) is 74.8 Å². The highest BCUT2D eigenvalue weighted by Gasteiger charge is 2.24. The van der Waals surface area contributed by atoms with Crippen molar-refractivity contribution < 1.29 is 4.74 Å². The Hall–Kier alpha value is -3.39. The van der Waals surface area contributed by atoms with Crippen molar-refractivity contribution in [3.8, 4) is 17.6 Å². The summed E-state index contributed by atoms with van der Waals surface area (Å²) in [7, 11) is 0. The lowest BCUT2D eigenvalue weighted by Crippen LogP contribution is -2.25. The highest BCUT2D eigenvalue weighted by Crippen LogP contribution is 2.39. The molecule has 0 radical (unpaired) electrons. The second-order valence-corrected chi connectivity index (χ2v) is 8.88. The summed E-state index contributed by atoms with van der Waals surface area (Å²) in [6.45, 7) is 4.21. The van der Waals surface area contributed by atoms with Gasteiger partial charge in [0.1, 0.15) is 12.4 Å². The molecule has 0 saturated heterocycles. The molecule has 1 atom stereocenters. The molecule has 3 aromatic rings. The van der Waals surface area contributed by atoms with E-state index in [1.54, 1.807) is 4.57 Å². The molecule has 0 spiro atoms. The SMILES string of the molecule is Cc1cc(OCc2ncc(C3CC3)cn2)cc(=O)n1[C@H](C)c1ccc(C#CC2CC2)cc1. The molecular weight excluding hydrogens is 398 g/mol. The zero-order valence-corrected chi connectivity index (χ0v) is 18.5. The van der Waals surface area contributed by atoms with Crippen LogP contribution in [-0.2, 0) is 6.61 Å². The van der Waals surface area contributed by atoms with E-state index >= 15 is 0 Å². The molecule has 5 nitrogen and oxygen atoms in total. The van der Waals surface area contributed by atoms with Crippen LogP contribution in [0.15, 0.2) is 53.6 Å². The van der Waals surface area contributed by atoms with Gasteiger partial charge < -0.3 is 9.30 Å². The third-order valence-corrected chi connectivity index (χ3v) is 6.15. The van der Waals surface area contributed by atoms with E-state index in [9.17, 15) is 4.79 Å². The summed E-state index contributed by atoms with van der Waals surface area (Å²) in [6.07, 6.45) is 8.68. The quantitative estimate of drug-likeness (QED) is 0.534. The first kappa shape index (κ1) is 20.5. The molecule has 2 fully saturated rings. The molecular formula is C27H27N3O2. The Kier molecular flexibility index (Phi) is 5.53. The van der Waals surface area contributed by atoms with Crippen LogP contribution in [0.1, 0.15) is 72.8 Å². The summed E-state index contributed by atoms with van der Waals surface area (Å²) >= 11 is 0. The molecule has 2 saturated carbocycles. The third-order valence-electron chi connectivity index (χ3n) is 6.15. The molecule has 0 N–H and O–H groups in total. The smallest absolute Gasteiger partial charge is 0.254 e. The van der Waals surface area contributed by atoms with Crippen molar-refractivity contribution in [2.75, 3.05) is 0 Å². The summed E-state index contributed by atoms with van der Waals surface area (Å²) in [5, 5.41) is 0. The zero-order valence-electron chi connectivity index (χ0n) is 18.5. The highest BCUT2D eigenvalue weighted by molar-refractivity contribution is 5.38. The van der Waals surface area contributed by atoms with Crippen molar-refractivity contribution in [3.63, 3.8) is 0 Å². The minimum atomic E-state index is -0.0879. The number of pyridine rings is 1. The van der Waals surface area contributed by atoms with Crippen molar-refractivity contribution in [2.45, 2.75) is 58.1 Å². The van der Waals surface area contributed by atoms with Crippen molar-refractivity contribution in [1.82, 2.24) is 14.5 Å². The Morgan fingerprint density at radius 1 is 1.09 bits per heavy atom. The van der Waals surface area contributed by atoms with E-state index in [-0.39, 0.29) is 18.2 Å². The van der Waals surface area contributed by atoms with Gasteiger partial charge in [0.25, 0.3) is 5.56 Å². The number of hydrogen-bond acceptors (Lipinski definition) is 4. The summed E-state index contributed by atoms with van der Waals surface area (Å²) in [5.41, 5.74) is 4.06. The fourth-order valence-electron chi connectivity index (χ4n) is 3.88. The van der Waals surface area contributed by atoms with Crippen LogP contribution in [0.5, 0.6) is 5.75 Å². The minimum Gasteiger partial charge on any atom is -0.485 e. The van der Waals surface area contributed by atoms with E-state index in [1.807, 2.05) is 44.4 Å². The lowest BCUT2D eigenvalue weighted by molar-refractivity contribution is 0.294. The number of ether oxygens (including phenoxy) is 1. The Bertz CT molecular complexity index is 1230. The minimum absolute atomic E-state index is 0.0831. The van der Waals surface area contributed by atoms with E-state index in [0.29, 0.717) is 23.4 Å². The third kappa shape index (κ3) is 4.75. The van der Waals surface area contributed by atoms with Gasteiger partial charge in [-0.25, -0.2) is 9.97 Å². The maximum atomic E-state index is 12.9. The average Bonchev–Trinajstić information content (AvgIpc) is 3.70. The Balaban J connectivity index is 1.27. The fraction of sp³-hybridized carbons (Fsp3) is 0.370. The Morgan fingerprint density at radius 2 is 1.81 bits per heavy atom. The van der Waals surface area contributed by atoms with Gasteiger partial charge in [0.2, 0.25) is 0 Å². The second-order valence-electron chi connectivity index (χ2n) is 8.88. The number of hydrogen-bond donors (Lipinski definition) is 0. The molecule has 1 aromatic carbocycles. The predicted octanol–water partition coefficient (Wildman–Crippen LogP) is 4.77. The number of aromatic nitrogens is 3. The first-order valence-electron chi connectivity index (χ1n) is 11.3.